The second-order valence-electron chi connectivity index (χ2n) is 5.93. The Hall–Kier alpha value is -1.86. The number of nitrogens with zero attached hydrogens (tertiary/aromatic N) is 2. The van der Waals surface area contributed by atoms with Crippen LogP contribution in [0.1, 0.15) is 19.8 Å². The highest BCUT2D eigenvalue weighted by atomic mass is 32.1. The molecular formula is C16H22N4O2S. The molecule has 1 atom stereocenters. The van der Waals surface area contributed by atoms with Crippen LogP contribution < -0.4 is 15.5 Å². The van der Waals surface area contributed by atoms with Crippen LogP contribution in [-0.2, 0) is 0 Å². The molecule has 0 spiro atoms. The van der Waals surface area contributed by atoms with Gasteiger partial charge in [0, 0.05) is 25.7 Å². The average molecular weight is 334 g/mol. The predicted molar refractivity (Wildman–Crippen MR) is 93.1 cm³/mol. The summed E-state index contributed by atoms with van der Waals surface area (Å²) in [5.74, 6) is 0. The Morgan fingerprint density at radius 1 is 1.43 bits per heavy atom. The lowest BCUT2D eigenvalue weighted by atomic mass is 10.1. The molecule has 1 unspecified atom stereocenters. The third-order valence-electron chi connectivity index (χ3n) is 3.94. The van der Waals surface area contributed by atoms with E-state index in [0.29, 0.717) is 0 Å². The van der Waals surface area contributed by atoms with Gasteiger partial charge < -0.3 is 20.6 Å². The van der Waals surface area contributed by atoms with Crippen LogP contribution in [0.5, 0.6) is 0 Å². The van der Waals surface area contributed by atoms with Crippen LogP contribution in [0.4, 0.5) is 9.93 Å². The molecule has 1 saturated heterocycles. The molecular weight excluding hydrogens is 312 g/mol. The third-order valence-corrected chi connectivity index (χ3v) is 5.04. The van der Waals surface area contributed by atoms with Gasteiger partial charge in [-0.1, -0.05) is 23.5 Å². The van der Waals surface area contributed by atoms with Crippen molar-refractivity contribution in [2.45, 2.75) is 31.9 Å². The van der Waals surface area contributed by atoms with Gasteiger partial charge in [0.25, 0.3) is 0 Å². The molecule has 23 heavy (non-hydrogen) atoms. The number of hydrogen-bond acceptors (Lipinski definition) is 5. The molecule has 2 heterocycles. The Kier molecular flexibility index (Phi) is 4.97. The summed E-state index contributed by atoms with van der Waals surface area (Å²) in [5.41, 5.74) is 1.05. The van der Waals surface area contributed by atoms with Gasteiger partial charge in [0.2, 0.25) is 0 Å². The number of rotatable bonds is 4. The van der Waals surface area contributed by atoms with E-state index in [1.54, 1.807) is 18.3 Å². The van der Waals surface area contributed by atoms with Crippen molar-refractivity contribution in [2.24, 2.45) is 0 Å². The van der Waals surface area contributed by atoms with Crippen LogP contribution >= 0.6 is 11.3 Å². The first-order chi connectivity index (χ1) is 11.1. The van der Waals surface area contributed by atoms with Gasteiger partial charge >= 0.3 is 6.03 Å². The lowest BCUT2D eigenvalue weighted by Crippen LogP contribution is -2.48. The van der Waals surface area contributed by atoms with Crippen molar-refractivity contribution in [1.29, 1.82) is 0 Å². The zero-order valence-corrected chi connectivity index (χ0v) is 14.0. The number of fused-ring (bicyclic) bond motifs is 1. The van der Waals surface area contributed by atoms with Crippen molar-refractivity contribution < 1.29 is 9.90 Å². The minimum absolute atomic E-state index is 0.176. The van der Waals surface area contributed by atoms with Gasteiger partial charge in [0.15, 0.2) is 5.13 Å². The Morgan fingerprint density at radius 2 is 2.17 bits per heavy atom. The van der Waals surface area contributed by atoms with Crippen LogP contribution in [0.3, 0.4) is 0 Å². The van der Waals surface area contributed by atoms with Gasteiger partial charge in [-0.2, -0.15) is 0 Å². The molecule has 2 amide bonds. The smallest absolute Gasteiger partial charge is 0.315 e. The molecule has 6 nitrogen and oxygen atoms in total. The van der Waals surface area contributed by atoms with E-state index in [2.05, 4.69) is 26.6 Å². The first-order valence-electron chi connectivity index (χ1n) is 7.95. The van der Waals surface area contributed by atoms with E-state index in [0.717, 1.165) is 36.6 Å². The SMILES string of the molecule is CC(O)CNC(=O)NC1CCN(c2nc3ccccc3s2)CC1. The van der Waals surface area contributed by atoms with E-state index < -0.39 is 6.10 Å². The normalized spacial score (nSPS) is 17.2. The maximum absolute atomic E-state index is 11.7. The number of anilines is 1. The maximum Gasteiger partial charge on any atom is 0.315 e. The minimum Gasteiger partial charge on any atom is -0.392 e. The topological polar surface area (TPSA) is 77.5 Å². The number of nitrogens with one attached hydrogen (secondary N) is 2. The third kappa shape index (κ3) is 4.11. The summed E-state index contributed by atoms with van der Waals surface area (Å²) in [6.45, 7) is 3.70. The largest absolute Gasteiger partial charge is 0.392 e. The quantitative estimate of drug-likeness (QED) is 0.799. The highest BCUT2D eigenvalue weighted by molar-refractivity contribution is 7.22. The van der Waals surface area contributed by atoms with Crippen LogP contribution in [-0.4, -0.2) is 47.9 Å². The Balaban J connectivity index is 1.51. The fraction of sp³-hybridized carbons (Fsp3) is 0.500. The van der Waals surface area contributed by atoms with E-state index in [1.165, 1.54) is 4.70 Å². The van der Waals surface area contributed by atoms with Gasteiger partial charge in [-0.3, -0.25) is 0 Å². The summed E-state index contributed by atoms with van der Waals surface area (Å²) in [7, 11) is 0. The van der Waals surface area contributed by atoms with Gasteiger partial charge in [-0.05, 0) is 31.9 Å². The van der Waals surface area contributed by atoms with Crippen molar-refractivity contribution in [1.82, 2.24) is 15.6 Å². The fourth-order valence-corrected chi connectivity index (χ4v) is 3.70. The summed E-state index contributed by atoms with van der Waals surface area (Å²) in [5, 5.41) is 15.9. The molecule has 0 bridgehead atoms. The van der Waals surface area contributed by atoms with Crippen LogP contribution in [0.2, 0.25) is 0 Å². The highest BCUT2D eigenvalue weighted by Crippen LogP contribution is 2.30. The minimum atomic E-state index is -0.526. The molecule has 1 aliphatic heterocycles. The zero-order chi connectivity index (χ0) is 16.2. The molecule has 3 rings (SSSR count). The summed E-state index contributed by atoms with van der Waals surface area (Å²) in [6.07, 6.45) is 1.28. The Bertz CT molecular complexity index is 632. The van der Waals surface area contributed by atoms with Crippen molar-refractivity contribution in [3.05, 3.63) is 24.3 Å². The van der Waals surface area contributed by atoms with Crippen LogP contribution in [0, 0.1) is 0 Å². The number of carbonyl (C=O) groups is 1. The highest BCUT2D eigenvalue weighted by Gasteiger charge is 2.22. The Labute approximate surface area is 139 Å². The summed E-state index contributed by atoms with van der Waals surface area (Å²) in [6, 6.07) is 8.15. The number of aromatic nitrogens is 1. The Morgan fingerprint density at radius 3 is 2.87 bits per heavy atom. The molecule has 1 fully saturated rings. The van der Waals surface area contributed by atoms with E-state index in [1.807, 2.05) is 18.2 Å². The van der Waals surface area contributed by atoms with E-state index in [4.69, 9.17) is 0 Å². The number of aliphatic hydroxyl groups excluding tert-OH is 1. The average Bonchev–Trinajstić information content (AvgIpc) is 2.97. The molecule has 0 saturated carbocycles. The van der Waals surface area contributed by atoms with Gasteiger partial charge in [0.1, 0.15) is 0 Å². The lowest BCUT2D eigenvalue weighted by Gasteiger charge is -2.32. The monoisotopic (exact) mass is 334 g/mol. The van der Waals surface area contributed by atoms with Gasteiger partial charge in [0.05, 0.1) is 16.3 Å². The van der Waals surface area contributed by atoms with Crippen molar-refractivity contribution in [3.8, 4) is 0 Å². The maximum atomic E-state index is 11.7. The number of aliphatic hydroxyl groups is 1. The fourth-order valence-electron chi connectivity index (χ4n) is 2.69. The van der Waals surface area contributed by atoms with Gasteiger partial charge in [-0.15, -0.1) is 0 Å². The molecule has 0 aliphatic carbocycles. The lowest BCUT2D eigenvalue weighted by molar-refractivity contribution is 0.186. The van der Waals surface area contributed by atoms with E-state index >= 15 is 0 Å². The number of benzene rings is 1. The summed E-state index contributed by atoms with van der Waals surface area (Å²) >= 11 is 1.72. The molecule has 3 N–H and O–H groups in total. The first kappa shape index (κ1) is 16.0. The number of amides is 2. The first-order valence-corrected chi connectivity index (χ1v) is 8.76. The van der Waals surface area contributed by atoms with Crippen molar-refractivity contribution in [3.63, 3.8) is 0 Å². The van der Waals surface area contributed by atoms with Crippen LogP contribution in [0.15, 0.2) is 24.3 Å². The van der Waals surface area contributed by atoms with E-state index in [-0.39, 0.29) is 18.6 Å². The van der Waals surface area contributed by atoms with Crippen LogP contribution in [0.25, 0.3) is 10.2 Å². The number of piperidine rings is 1. The van der Waals surface area contributed by atoms with Gasteiger partial charge in [-0.25, -0.2) is 9.78 Å². The zero-order valence-electron chi connectivity index (χ0n) is 13.2. The molecule has 2 aromatic rings. The van der Waals surface area contributed by atoms with Crippen molar-refractivity contribution in [2.75, 3.05) is 24.5 Å². The number of thiazole rings is 1. The predicted octanol–water partition coefficient (Wildman–Crippen LogP) is 1.95. The second kappa shape index (κ2) is 7.14. The molecule has 124 valence electrons. The molecule has 1 aromatic carbocycles. The number of urea groups is 1. The van der Waals surface area contributed by atoms with E-state index in [9.17, 15) is 9.90 Å². The van der Waals surface area contributed by atoms with Crippen molar-refractivity contribution >= 4 is 32.7 Å². The molecule has 1 aromatic heterocycles. The summed E-state index contributed by atoms with van der Waals surface area (Å²) < 4.78 is 1.21. The number of carbonyl (C=O) groups excluding carboxylic acids is 1. The number of para-hydroxylation sites is 1. The molecule has 1 aliphatic rings. The summed E-state index contributed by atoms with van der Waals surface area (Å²) in [4.78, 5) is 18.7. The molecule has 0 radical (unpaired) electrons. The standard InChI is InChI=1S/C16H22N4O2S/c1-11(21)10-17-15(22)18-12-6-8-20(9-7-12)16-19-13-4-2-3-5-14(13)23-16/h2-5,11-12,21H,6-10H2,1H3,(H2,17,18,22). The molecule has 7 heteroatoms. The second-order valence-corrected chi connectivity index (χ2v) is 6.94. The number of hydrogen-bond donors (Lipinski definition) is 3.